The number of halogens is 1. The van der Waals surface area contributed by atoms with Gasteiger partial charge in [-0.25, -0.2) is 13.4 Å². The van der Waals surface area contributed by atoms with Crippen molar-refractivity contribution in [2.75, 3.05) is 12.0 Å². The van der Waals surface area contributed by atoms with Crippen LogP contribution in [0.4, 0.5) is 0 Å². The fourth-order valence-electron chi connectivity index (χ4n) is 1.70. The predicted octanol–water partition coefficient (Wildman–Crippen LogP) is 3.19. The molecule has 0 saturated heterocycles. The Bertz CT molecular complexity index is 518. The number of unbranched alkanes of at least 4 members (excludes halogenated alkanes) is 2. The Morgan fingerprint density at radius 1 is 1.25 bits per heavy atom. The van der Waals surface area contributed by atoms with E-state index < -0.39 is 9.84 Å². The van der Waals surface area contributed by atoms with Gasteiger partial charge in [-0.05, 0) is 38.7 Å². The Morgan fingerprint density at radius 3 is 2.25 bits per heavy atom. The summed E-state index contributed by atoms with van der Waals surface area (Å²) in [4.78, 5) is 4.04. The van der Waals surface area contributed by atoms with Gasteiger partial charge in [-0.15, -0.1) is 0 Å². The molecule has 0 atom stereocenters. The highest BCUT2D eigenvalue weighted by Gasteiger charge is 2.08. The molecule has 0 rings (SSSR count). The molecule has 0 saturated carbocycles. The number of nitrogens with zero attached hydrogens (tertiary/aromatic N) is 1. The van der Waals surface area contributed by atoms with E-state index in [2.05, 4.69) is 4.99 Å². The molecule has 7 heteroatoms. The molecule has 0 unspecified atom stereocenters. The molecule has 0 aliphatic carbocycles. The molecule has 5 nitrogen and oxygen atoms in total. The first-order chi connectivity index (χ1) is 9.17. The van der Waals surface area contributed by atoms with Crippen LogP contribution in [0, 0.1) is 10.8 Å². The highest BCUT2D eigenvalue weighted by molar-refractivity contribution is 7.90. The Morgan fingerprint density at radius 2 is 1.85 bits per heavy atom. The van der Waals surface area contributed by atoms with Crippen LogP contribution >= 0.6 is 11.6 Å². The van der Waals surface area contributed by atoms with Crippen molar-refractivity contribution in [3.8, 4) is 0 Å². The average molecular weight is 320 g/mol. The maximum Gasteiger partial charge on any atom is 0.147 e. The van der Waals surface area contributed by atoms with Crippen molar-refractivity contribution >= 4 is 38.5 Å². The van der Waals surface area contributed by atoms with Crippen LogP contribution in [0.1, 0.15) is 39.5 Å². The first-order valence-corrected chi connectivity index (χ1v) is 8.79. The van der Waals surface area contributed by atoms with E-state index in [0.717, 1.165) is 19.1 Å². The fourth-order valence-corrected chi connectivity index (χ4v) is 2.52. The Labute approximate surface area is 126 Å². The van der Waals surface area contributed by atoms with Gasteiger partial charge in [0.05, 0.1) is 5.70 Å². The molecule has 0 aromatic heterocycles. The smallest absolute Gasteiger partial charge is 0.147 e. The van der Waals surface area contributed by atoms with Gasteiger partial charge in [-0.2, -0.15) is 0 Å². The molecule has 0 aliphatic rings. The van der Waals surface area contributed by atoms with Gasteiger partial charge in [0.15, 0.2) is 0 Å². The van der Waals surface area contributed by atoms with Crippen LogP contribution in [0.15, 0.2) is 16.3 Å². The van der Waals surface area contributed by atoms with Gasteiger partial charge in [-0.1, -0.05) is 18.0 Å². The van der Waals surface area contributed by atoms with Crippen LogP contribution in [0.2, 0.25) is 0 Å². The normalized spacial score (nSPS) is 13.9. The summed E-state index contributed by atoms with van der Waals surface area (Å²) >= 11 is 5.71. The molecule has 0 fully saturated rings. The average Bonchev–Trinajstić information content (AvgIpc) is 2.29. The van der Waals surface area contributed by atoms with Crippen molar-refractivity contribution in [3.05, 3.63) is 11.3 Å². The van der Waals surface area contributed by atoms with E-state index in [4.69, 9.17) is 22.4 Å². The molecule has 0 aliphatic heterocycles. The lowest BCUT2D eigenvalue weighted by atomic mass is 10.0. The van der Waals surface area contributed by atoms with Gasteiger partial charge in [0, 0.05) is 23.9 Å². The lowest BCUT2D eigenvalue weighted by Crippen LogP contribution is -2.04. The highest BCUT2D eigenvalue weighted by atomic mass is 35.5. The third-order valence-corrected chi connectivity index (χ3v) is 3.73. The van der Waals surface area contributed by atoms with E-state index in [-0.39, 0.29) is 5.75 Å². The second-order valence-electron chi connectivity index (χ2n) is 4.68. The number of nitrogens with one attached hydrogen (secondary N) is 2. The number of rotatable bonds is 9. The first kappa shape index (κ1) is 19.0. The molecule has 0 radical (unpaired) electrons. The van der Waals surface area contributed by atoms with Crippen molar-refractivity contribution in [2.45, 2.75) is 39.5 Å². The van der Waals surface area contributed by atoms with Gasteiger partial charge in [0.25, 0.3) is 0 Å². The molecule has 0 aromatic carbocycles. The summed E-state index contributed by atoms with van der Waals surface area (Å²) in [5.74, 6) is 0.186. The van der Waals surface area contributed by atoms with Gasteiger partial charge >= 0.3 is 0 Å². The standard InChI is InChI=1S/C13H22ClN3O2S/c1-10(16)12(13(9-15)17-11(2)14)7-5-4-6-8-20(3,18)19/h9,15-16H,4-8H2,1-3H3/b13-12-,15-9?,16-10?,17-11+. The maximum absolute atomic E-state index is 11.0. The highest BCUT2D eigenvalue weighted by Crippen LogP contribution is 2.16. The Balaban J connectivity index is 4.65. The summed E-state index contributed by atoms with van der Waals surface area (Å²) in [6, 6.07) is 0. The Kier molecular flexibility index (Phi) is 8.57. The first-order valence-electron chi connectivity index (χ1n) is 6.35. The molecule has 20 heavy (non-hydrogen) atoms. The van der Waals surface area contributed by atoms with E-state index in [1.807, 2.05) is 0 Å². The van der Waals surface area contributed by atoms with Gasteiger partial charge in [-0.3, -0.25) is 0 Å². The minimum absolute atomic E-state index is 0.186. The van der Waals surface area contributed by atoms with Crippen molar-refractivity contribution in [1.82, 2.24) is 0 Å². The van der Waals surface area contributed by atoms with Crippen molar-refractivity contribution in [2.24, 2.45) is 4.99 Å². The summed E-state index contributed by atoms with van der Waals surface area (Å²) in [7, 11) is -2.91. The number of sulfone groups is 1. The summed E-state index contributed by atoms with van der Waals surface area (Å²) < 4.78 is 22.0. The minimum atomic E-state index is -2.91. The Hall–Kier alpha value is -1.01. The number of aliphatic imine (C=N–C) groups is 1. The van der Waals surface area contributed by atoms with Gasteiger partial charge in [0.2, 0.25) is 0 Å². The summed E-state index contributed by atoms with van der Waals surface area (Å²) in [5.41, 5.74) is 1.43. The minimum Gasteiger partial charge on any atom is -0.306 e. The second-order valence-corrected chi connectivity index (χ2v) is 7.49. The fraction of sp³-hybridized carbons (Fsp3) is 0.615. The summed E-state index contributed by atoms with van der Waals surface area (Å²) in [6.45, 7) is 3.27. The number of allylic oxidation sites excluding steroid dienone is 2. The molecule has 0 aromatic rings. The molecule has 0 spiro atoms. The zero-order chi connectivity index (χ0) is 15.8. The van der Waals surface area contributed by atoms with Crippen LogP contribution in [-0.4, -0.2) is 37.5 Å². The van der Waals surface area contributed by atoms with E-state index in [9.17, 15) is 8.42 Å². The third kappa shape index (κ3) is 8.98. The van der Waals surface area contributed by atoms with Crippen molar-refractivity contribution in [1.29, 1.82) is 10.8 Å². The summed E-state index contributed by atoms with van der Waals surface area (Å²) in [5, 5.41) is 15.4. The van der Waals surface area contributed by atoms with Crippen LogP contribution in [0.25, 0.3) is 0 Å². The monoisotopic (exact) mass is 319 g/mol. The SMILES string of the molecule is CC(=N)/C(CCCCCS(C)(=O)=O)=C(C=N)\N=C(/C)Cl. The van der Waals surface area contributed by atoms with Crippen LogP contribution < -0.4 is 0 Å². The van der Waals surface area contributed by atoms with Crippen LogP contribution in [0.5, 0.6) is 0 Å². The van der Waals surface area contributed by atoms with Gasteiger partial charge < -0.3 is 10.8 Å². The topological polar surface area (TPSA) is 94.2 Å². The zero-order valence-electron chi connectivity index (χ0n) is 12.2. The molecule has 2 N–H and O–H groups in total. The molecular formula is C13H22ClN3O2S. The number of hydrogen-bond donors (Lipinski definition) is 2. The van der Waals surface area contributed by atoms with E-state index in [1.54, 1.807) is 13.8 Å². The zero-order valence-corrected chi connectivity index (χ0v) is 13.7. The lowest BCUT2D eigenvalue weighted by Gasteiger charge is -2.08. The molecule has 0 amide bonds. The van der Waals surface area contributed by atoms with Gasteiger partial charge in [0.1, 0.15) is 15.0 Å². The predicted molar refractivity (Wildman–Crippen MR) is 86.4 cm³/mol. The van der Waals surface area contributed by atoms with Crippen LogP contribution in [0.3, 0.4) is 0 Å². The quantitative estimate of drug-likeness (QED) is 0.504. The van der Waals surface area contributed by atoms with E-state index in [1.165, 1.54) is 6.26 Å². The third-order valence-electron chi connectivity index (χ3n) is 2.61. The molecular weight excluding hydrogens is 298 g/mol. The van der Waals surface area contributed by atoms with Crippen LogP contribution in [-0.2, 0) is 9.84 Å². The molecule has 114 valence electrons. The van der Waals surface area contributed by atoms with E-state index in [0.29, 0.717) is 35.0 Å². The maximum atomic E-state index is 11.0. The molecule has 0 bridgehead atoms. The second kappa shape index (κ2) is 9.02. The van der Waals surface area contributed by atoms with Crippen molar-refractivity contribution < 1.29 is 8.42 Å². The van der Waals surface area contributed by atoms with Crippen molar-refractivity contribution in [3.63, 3.8) is 0 Å². The molecule has 0 heterocycles. The summed E-state index contributed by atoms with van der Waals surface area (Å²) in [6.07, 6.45) is 5.05. The number of hydrogen-bond acceptors (Lipinski definition) is 5. The van der Waals surface area contributed by atoms with E-state index >= 15 is 0 Å². The lowest BCUT2D eigenvalue weighted by molar-refractivity contribution is 0.595. The largest absolute Gasteiger partial charge is 0.306 e.